The number of primary amides is 1. The highest BCUT2D eigenvalue weighted by Gasteiger charge is 2.26. The van der Waals surface area contributed by atoms with Crippen molar-refractivity contribution in [3.05, 3.63) is 35.9 Å². The molecular formula is C14H20N2O2. The van der Waals surface area contributed by atoms with Crippen molar-refractivity contribution in [1.82, 2.24) is 4.90 Å². The monoisotopic (exact) mass is 248 g/mol. The van der Waals surface area contributed by atoms with Gasteiger partial charge in [0, 0.05) is 19.6 Å². The number of benzene rings is 1. The van der Waals surface area contributed by atoms with E-state index in [9.17, 15) is 4.79 Å². The second-order valence-corrected chi connectivity index (χ2v) is 5.08. The molecule has 0 aromatic heterocycles. The molecular weight excluding hydrogens is 228 g/mol. The maximum absolute atomic E-state index is 10.8. The van der Waals surface area contributed by atoms with Crippen LogP contribution in [0.15, 0.2) is 30.3 Å². The third-order valence-electron chi connectivity index (χ3n) is 3.23. The van der Waals surface area contributed by atoms with E-state index < -0.39 is 6.09 Å². The zero-order valence-corrected chi connectivity index (χ0v) is 10.7. The Morgan fingerprint density at radius 2 is 2.11 bits per heavy atom. The third-order valence-corrected chi connectivity index (χ3v) is 3.23. The lowest BCUT2D eigenvalue weighted by atomic mass is 9.97. The minimum absolute atomic E-state index is 0.0741. The molecule has 2 unspecified atom stereocenters. The van der Waals surface area contributed by atoms with Crippen LogP contribution in [0.25, 0.3) is 0 Å². The molecule has 4 nitrogen and oxygen atoms in total. The number of amides is 1. The van der Waals surface area contributed by atoms with E-state index in [1.807, 2.05) is 18.2 Å². The smallest absolute Gasteiger partial charge is 0.404 e. The van der Waals surface area contributed by atoms with E-state index in [-0.39, 0.29) is 6.10 Å². The molecule has 1 heterocycles. The number of carbonyl (C=O) groups is 1. The van der Waals surface area contributed by atoms with Crippen molar-refractivity contribution < 1.29 is 9.53 Å². The number of piperidine rings is 1. The average Bonchev–Trinajstić information content (AvgIpc) is 2.28. The van der Waals surface area contributed by atoms with Crippen molar-refractivity contribution >= 4 is 6.09 Å². The van der Waals surface area contributed by atoms with Crippen LogP contribution in [-0.2, 0) is 11.3 Å². The van der Waals surface area contributed by atoms with Crippen molar-refractivity contribution in [2.24, 2.45) is 11.7 Å². The fourth-order valence-electron chi connectivity index (χ4n) is 2.62. The summed E-state index contributed by atoms with van der Waals surface area (Å²) in [6, 6.07) is 10.3. The highest BCUT2D eigenvalue weighted by molar-refractivity contribution is 5.64. The maximum Gasteiger partial charge on any atom is 0.404 e. The van der Waals surface area contributed by atoms with Gasteiger partial charge in [0.25, 0.3) is 0 Å². The van der Waals surface area contributed by atoms with Gasteiger partial charge in [0.15, 0.2) is 0 Å². The molecule has 1 amide bonds. The number of nitrogens with zero attached hydrogens (tertiary/aromatic N) is 1. The summed E-state index contributed by atoms with van der Waals surface area (Å²) in [7, 11) is 0. The SMILES string of the molecule is CC1CC(OC(N)=O)CN(Cc2ccccc2)C1. The molecule has 1 aromatic carbocycles. The highest BCUT2D eigenvalue weighted by Crippen LogP contribution is 2.20. The largest absolute Gasteiger partial charge is 0.445 e. The molecule has 0 bridgehead atoms. The number of ether oxygens (including phenoxy) is 1. The molecule has 0 saturated carbocycles. The third kappa shape index (κ3) is 3.74. The summed E-state index contributed by atoms with van der Waals surface area (Å²) in [5.41, 5.74) is 6.37. The van der Waals surface area contributed by atoms with Crippen molar-refractivity contribution in [3.63, 3.8) is 0 Å². The van der Waals surface area contributed by atoms with Gasteiger partial charge < -0.3 is 10.5 Å². The van der Waals surface area contributed by atoms with Crippen molar-refractivity contribution in [3.8, 4) is 0 Å². The summed E-state index contributed by atoms with van der Waals surface area (Å²) >= 11 is 0. The van der Waals surface area contributed by atoms with Gasteiger partial charge >= 0.3 is 6.09 Å². The first kappa shape index (κ1) is 12.9. The molecule has 0 aliphatic carbocycles. The van der Waals surface area contributed by atoms with E-state index in [2.05, 4.69) is 24.0 Å². The predicted octanol–water partition coefficient (Wildman–Crippen LogP) is 1.99. The Bertz CT molecular complexity index is 394. The number of rotatable bonds is 3. The van der Waals surface area contributed by atoms with Crippen LogP contribution in [0.4, 0.5) is 4.79 Å². The zero-order valence-electron chi connectivity index (χ0n) is 10.7. The van der Waals surface area contributed by atoms with Gasteiger partial charge in [-0.3, -0.25) is 4.90 Å². The van der Waals surface area contributed by atoms with Crippen LogP contribution in [0.5, 0.6) is 0 Å². The van der Waals surface area contributed by atoms with E-state index >= 15 is 0 Å². The zero-order chi connectivity index (χ0) is 13.0. The van der Waals surface area contributed by atoms with Gasteiger partial charge in [0.05, 0.1) is 0 Å². The van der Waals surface area contributed by atoms with E-state index in [0.717, 1.165) is 26.1 Å². The van der Waals surface area contributed by atoms with Crippen LogP contribution in [0.3, 0.4) is 0 Å². The first-order chi connectivity index (χ1) is 8.63. The van der Waals surface area contributed by atoms with E-state index in [0.29, 0.717) is 5.92 Å². The fourth-order valence-corrected chi connectivity index (χ4v) is 2.62. The Balaban J connectivity index is 1.94. The summed E-state index contributed by atoms with van der Waals surface area (Å²) in [5.74, 6) is 0.520. The van der Waals surface area contributed by atoms with Crippen LogP contribution in [0.2, 0.25) is 0 Å². The standard InChI is InChI=1S/C14H20N2O2/c1-11-7-13(18-14(15)17)10-16(8-11)9-12-5-3-2-4-6-12/h2-6,11,13H,7-10H2,1H3,(H2,15,17). The van der Waals surface area contributed by atoms with Gasteiger partial charge in [-0.25, -0.2) is 4.79 Å². The maximum atomic E-state index is 10.8. The van der Waals surface area contributed by atoms with Crippen molar-refractivity contribution in [2.45, 2.75) is 26.0 Å². The van der Waals surface area contributed by atoms with E-state index in [1.165, 1.54) is 5.56 Å². The van der Waals surface area contributed by atoms with Crippen LogP contribution >= 0.6 is 0 Å². The van der Waals surface area contributed by atoms with Gasteiger partial charge in [0.1, 0.15) is 6.10 Å². The molecule has 4 heteroatoms. The summed E-state index contributed by atoms with van der Waals surface area (Å²) in [6.07, 6.45) is 0.151. The second kappa shape index (κ2) is 5.87. The highest BCUT2D eigenvalue weighted by atomic mass is 16.6. The van der Waals surface area contributed by atoms with Crippen LogP contribution in [0.1, 0.15) is 18.9 Å². The van der Waals surface area contributed by atoms with Crippen LogP contribution in [0, 0.1) is 5.92 Å². The minimum Gasteiger partial charge on any atom is -0.445 e. The van der Waals surface area contributed by atoms with E-state index in [1.54, 1.807) is 0 Å². The lowest BCUT2D eigenvalue weighted by molar-refractivity contribution is 0.0249. The normalized spacial score (nSPS) is 24.7. The van der Waals surface area contributed by atoms with E-state index in [4.69, 9.17) is 10.5 Å². The Morgan fingerprint density at radius 1 is 1.39 bits per heavy atom. The number of nitrogens with two attached hydrogens (primary N) is 1. The molecule has 98 valence electrons. The molecule has 1 aliphatic heterocycles. The summed E-state index contributed by atoms with van der Waals surface area (Å²) < 4.78 is 5.13. The summed E-state index contributed by atoms with van der Waals surface area (Å²) in [4.78, 5) is 13.1. The minimum atomic E-state index is -0.672. The Morgan fingerprint density at radius 3 is 2.78 bits per heavy atom. The van der Waals surface area contributed by atoms with Gasteiger partial charge in [-0.15, -0.1) is 0 Å². The topological polar surface area (TPSA) is 55.6 Å². The molecule has 0 spiro atoms. The molecule has 2 atom stereocenters. The van der Waals surface area contributed by atoms with Crippen LogP contribution < -0.4 is 5.73 Å². The van der Waals surface area contributed by atoms with Gasteiger partial charge in [0.2, 0.25) is 0 Å². The molecule has 2 rings (SSSR count). The fraction of sp³-hybridized carbons (Fsp3) is 0.500. The molecule has 2 N–H and O–H groups in total. The summed E-state index contributed by atoms with van der Waals surface area (Å²) in [5, 5.41) is 0. The van der Waals surface area contributed by atoms with Crippen LogP contribution in [-0.4, -0.2) is 30.2 Å². The quantitative estimate of drug-likeness (QED) is 0.890. The lowest BCUT2D eigenvalue weighted by Gasteiger charge is -2.35. The van der Waals surface area contributed by atoms with Crippen molar-refractivity contribution in [2.75, 3.05) is 13.1 Å². The Labute approximate surface area is 108 Å². The first-order valence-corrected chi connectivity index (χ1v) is 6.36. The summed E-state index contributed by atoms with van der Waals surface area (Å²) in [6.45, 7) is 4.87. The first-order valence-electron chi connectivity index (χ1n) is 6.36. The number of carbonyl (C=O) groups excluding carboxylic acids is 1. The second-order valence-electron chi connectivity index (χ2n) is 5.08. The predicted molar refractivity (Wildman–Crippen MR) is 70.0 cm³/mol. The molecule has 18 heavy (non-hydrogen) atoms. The van der Waals surface area contributed by atoms with Crippen molar-refractivity contribution in [1.29, 1.82) is 0 Å². The van der Waals surface area contributed by atoms with Gasteiger partial charge in [-0.05, 0) is 17.9 Å². The van der Waals surface area contributed by atoms with Gasteiger partial charge in [-0.2, -0.15) is 0 Å². The average molecular weight is 248 g/mol. The Hall–Kier alpha value is -1.55. The Kier molecular flexibility index (Phi) is 4.20. The molecule has 1 aliphatic rings. The molecule has 0 radical (unpaired) electrons. The molecule has 1 fully saturated rings. The molecule has 1 saturated heterocycles. The number of hydrogen-bond acceptors (Lipinski definition) is 3. The number of hydrogen-bond donors (Lipinski definition) is 1. The molecule has 1 aromatic rings. The number of likely N-dealkylation sites (tertiary alicyclic amines) is 1. The lowest BCUT2D eigenvalue weighted by Crippen LogP contribution is -2.44. The van der Waals surface area contributed by atoms with Gasteiger partial charge in [-0.1, -0.05) is 37.3 Å².